The third-order valence-electron chi connectivity index (χ3n) is 5.37. The molecule has 3 heterocycles. The van der Waals surface area contributed by atoms with Crippen molar-refractivity contribution >= 4 is 28.3 Å². The number of hydrogen-bond acceptors (Lipinski definition) is 5. The van der Waals surface area contributed by atoms with Gasteiger partial charge < -0.3 is 10.2 Å². The fourth-order valence-corrected chi connectivity index (χ4v) is 3.68. The molecule has 1 aromatic carbocycles. The normalized spacial score (nSPS) is 23.4. The zero-order valence-electron chi connectivity index (χ0n) is 14.6. The molecule has 0 bridgehead atoms. The van der Waals surface area contributed by atoms with E-state index in [4.69, 9.17) is 0 Å². The molecule has 2 aliphatic rings. The quantitative estimate of drug-likeness (QED) is 0.766. The van der Waals surface area contributed by atoms with Crippen LogP contribution in [0.25, 0.3) is 10.9 Å². The summed E-state index contributed by atoms with van der Waals surface area (Å²) in [6.45, 7) is 4.70. The van der Waals surface area contributed by atoms with Gasteiger partial charge in [-0.2, -0.15) is 4.98 Å². The number of nitrogens with zero attached hydrogens (tertiary/aromatic N) is 4. The Bertz CT molecular complexity index is 970. The largest absolute Gasteiger partial charge is 0.349 e. The third-order valence-corrected chi connectivity index (χ3v) is 5.37. The second-order valence-electron chi connectivity index (χ2n) is 7.00. The van der Waals surface area contributed by atoms with Gasteiger partial charge in [0.15, 0.2) is 5.82 Å². The number of hydrogen-bond donors (Lipinski definition) is 1. The predicted octanol–water partition coefficient (Wildman–Crippen LogP) is 0.842. The number of benzene rings is 1. The maximum Gasteiger partial charge on any atom is 0.349 e. The molecule has 2 unspecified atom stereocenters. The van der Waals surface area contributed by atoms with Gasteiger partial charge >= 0.3 is 5.69 Å². The first-order chi connectivity index (χ1) is 11.8. The number of halogens is 1. The minimum Gasteiger partial charge on any atom is -0.341 e. The number of aryl methyl sites for hydroxylation is 2. The van der Waals surface area contributed by atoms with Gasteiger partial charge in [-0.05, 0) is 32.5 Å². The number of rotatable bonds is 0. The van der Waals surface area contributed by atoms with E-state index >= 15 is 0 Å². The second-order valence-corrected chi connectivity index (χ2v) is 7.00. The van der Waals surface area contributed by atoms with Gasteiger partial charge in [0.05, 0.1) is 16.6 Å². The van der Waals surface area contributed by atoms with Crippen molar-refractivity contribution in [3.05, 3.63) is 27.9 Å². The fourth-order valence-electron chi connectivity index (χ4n) is 3.68. The molecule has 8 heteroatoms. The molecule has 1 aromatic heterocycles. The van der Waals surface area contributed by atoms with Crippen LogP contribution in [0.2, 0.25) is 0 Å². The zero-order chi connectivity index (χ0) is 18.0. The Hall–Kier alpha value is -2.48. The van der Waals surface area contributed by atoms with E-state index in [0.29, 0.717) is 35.4 Å². The lowest BCUT2D eigenvalue weighted by molar-refractivity contribution is -0.118. The van der Waals surface area contributed by atoms with Crippen LogP contribution in [-0.2, 0) is 11.8 Å². The molecule has 1 saturated heterocycles. The van der Waals surface area contributed by atoms with Crippen LogP contribution in [0.1, 0.15) is 12.5 Å². The van der Waals surface area contributed by atoms with Crippen LogP contribution in [0.4, 0.5) is 15.9 Å². The lowest BCUT2D eigenvalue weighted by atomic mass is 10.1. The molecule has 7 nitrogen and oxygen atoms in total. The lowest BCUT2D eigenvalue weighted by Crippen LogP contribution is -2.60. The smallest absolute Gasteiger partial charge is 0.341 e. The molecule has 0 aliphatic carbocycles. The van der Waals surface area contributed by atoms with Gasteiger partial charge in [0.1, 0.15) is 11.9 Å². The van der Waals surface area contributed by atoms with E-state index in [0.717, 1.165) is 0 Å². The Morgan fingerprint density at radius 1 is 1.28 bits per heavy atom. The number of carbonyl (C=O) groups excluding carboxylic acids is 1. The Morgan fingerprint density at radius 3 is 2.72 bits per heavy atom. The maximum atomic E-state index is 14.8. The van der Waals surface area contributed by atoms with Crippen LogP contribution >= 0.6 is 0 Å². The van der Waals surface area contributed by atoms with Crippen molar-refractivity contribution in [3.63, 3.8) is 0 Å². The Morgan fingerprint density at radius 2 is 2.00 bits per heavy atom. The summed E-state index contributed by atoms with van der Waals surface area (Å²) in [5.41, 5.74) is 0.638. The van der Waals surface area contributed by atoms with Crippen molar-refractivity contribution in [2.75, 3.05) is 30.4 Å². The van der Waals surface area contributed by atoms with Crippen LogP contribution in [0.3, 0.4) is 0 Å². The molecular weight excluding hydrogens is 325 g/mol. The summed E-state index contributed by atoms with van der Waals surface area (Å²) in [4.78, 5) is 33.3. The van der Waals surface area contributed by atoms with Crippen molar-refractivity contribution in [1.29, 1.82) is 0 Å². The first-order valence-electron chi connectivity index (χ1n) is 8.27. The topological polar surface area (TPSA) is 70.5 Å². The number of aromatic nitrogens is 2. The van der Waals surface area contributed by atoms with Gasteiger partial charge in [-0.1, -0.05) is 0 Å². The molecular formula is C17H20FN5O2. The van der Waals surface area contributed by atoms with Crippen molar-refractivity contribution in [1.82, 2.24) is 14.5 Å². The van der Waals surface area contributed by atoms with Crippen molar-refractivity contribution in [3.8, 4) is 0 Å². The summed E-state index contributed by atoms with van der Waals surface area (Å²) in [5, 5.41) is 3.22. The standard InChI is InChI=1S/C17H20FN5O2/c1-8-5-10-12-14(13(8)18)19-16(24)11-7-21(3)9(2)6-23(11)15(12)20-17(25)22(10)4/h5,9,11H,6-7H2,1-4H3,(H,19,24). The monoisotopic (exact) mass is 345 g/mol. The summed E-state index contributed by atoms with van der Waals surface area (Å²) in [6, 6.07) is 1.30. The van der Waals surface area contributed by atoms with E-state index in [9.17, 15) is 14.0 Å². The van der Waals surface area contributed by atoms with Gasteiger partial charge in [-0.3, -0.25) is 14.3 Å². The van der Waals surface area contributed by atoms with Gasteiger partial charge in [0.2, 0.25) is 5.91 Å². The minimum atomic E-state index is -0.517. The van der Waals surface area contributed by atoms with Crippen molar-refractivity contribution in [2.45, 2.75) is 25.9 Å². The molecule has 25 heavy (non-hydrogen) atoms. The summed E-state index contributed by atoms with van der Waals surface area (Å²) >= 11 is 0. The molecule has 1 fully saturated rings. The fraction of sp³-hybridized carbons (Fsp3) is 0.471. The predicted molar refractivity (Wildman–Crippen MR) is 93.5 cm³/mol. The number of fused-ring (bicyclic) bond motifs is 2. The molecule has 0 radical (unpaired) electrons. The first-order valence-corrected chi connectivity index (χ1v) is 8.27. The van der Waals surface area contributed by atoms with Gasteiger partial charge in [-0.25, -0.2) is 9.18 Å². The van der Waals surface area contributed by atoms with Crippen molar-refractivity contribution < 1.29 is 9.18 Å². The second kappa shape index (κ2) is 5.26. The van der Waals surface area contributed by atoms with Crippen LogP contribution in [0.15, 0.2) is 10.9 Å². The number of piperazine rings is 1. The average molecular weight is 345 g/mol. The van der Waals surface area contributed by atoms with E-state index in [1.54, 1.807) is 20.0 Å². The molecule has 4 rings (SSSR count). The zero-order valence-corrected chi connectivity index (χ0v) is 14.6. The molecule has 2 atom stereocenters. The molecule has 0 saturated carbocycles. The third kappa shape index (κ3) is 2.17. The summed E-state index contributed by atoms with van der Waals surface area (Å²) in [7, 11) is 3.55. The first kappa shape index (κ1) is 16.0. The lowest BCUT2D eigenvalue weighted by Gasteiger charge is -2.42. The average Bonchev–Trinajstić information content (AvgIpc) is 2.67. The molecule has 2 aromatic rings. The minimum absolute atomic E-state index is 0.114. The van der Waals surface area contributed by atoms with Crippen molar-refractivity contribution in [2.24, 2.45) is 7.05 Å². The SMILES string of the molecule is Cc1cc2c3c(nc(=O)n2C)N2CC(C)N(C)CC2C(=O)Nc3c1F. The number of likely N-dealkylation sites (N-methyl/N-ethyl adjacent to an activating group) is 1. The van der Waals surface area contributed by atoms with E-state index in [1.807, 2.05) is 18.9 Å². The number of carbonyl (C=O) groups is 1. The Balaban J connectivity index is 2.09. The van der Waals surface area contributed by atoms with Gasteiger partial charge in [0.25, 0.3) is 0 Å². The summed E-state index contributed by atoms with van der Waals surface area (Å²) in [5.74, 6) is -0.378. The van der Waals surface area contributed by atoms with E-state index in [1.165, 1.54) is 4.57 Å². The highest BCUT2D eigenvalue weighted by atomic mass is 19.1. The van der Waals surface area contributed by atoms with Gasteiger partial charge in [-0.15, -0.1) is 0 Å². The maximum absolute atomic E-state index is 14.8. The highest BCUT2D eigenvalue weighted by Crippen LogP contribution is 2.38. The molecule has 132 valence electrons. The van der Waals surface area contributed by atoms with Crippen LogP contribution in [-0.4, -0.2) is 52.6 Å². The molecule has 1 amide bonds. The van der Waals surface area contributed by atoms with Crippen LogP contribution < -0.4 is 15.9 Å². The van der Waals surface area contributed by atoms with Crippen LogP contribution in [0, 0.1) is 12.7 Å². The van der Waals surface area contributed by atoms with Gasteiger partial charge in [0, 0.05) is 26.2 Å². The number of anilines is 2. The van der Waals surface area contributed by atoms with E-state index in [-0.39, 0.29) is 17.6 Å². The van der Waals surface area contributed by atoms with Crippen LogP contribution in [0.5, 0.6) is 0 Å². The molecule has 1 N–H and O–H groups in total. The summed E-state index contributed by atoms with van der Waals surface area (Å²) < 4.78 is 16.2. The summed E-state index contributed by atoms with van der Waals surface area (Å²) in [6.07, 6.45) is 0. The number of nitrogens with one attached hydrogen (secondary N) is 1. The van der Waals surface area contributed by atoms with E-state index < -0.39 is 17.5 Å². The highest BCUT2D eigenvalue weighted by molar-refractivity contribution is 6.11. The molecule has 2 aliphatic heterocycles. The van der Waals surface area contributed by atoms with E-state index in [2.05, 4.69) is 15.2 Å². The Labute approximate surface area is 144 Å². The highest BCUT2D eigenvalue weighted by Gasteiger charge is 2.39. The Kier molecular flexibility index (Phi) is 3.37. The molecule has 0 spiro atoms. The number of amides is 1.